The van der Waals surface area contributed by atoms with Crippen LogP contribution in [0.1, 0.15) is 85.5 Å². The maximum absolute atomic E-state index is 14.9. The van der Waals surface area contributed by atoms with Crippen molar-refractivity contribution >= 4 is 5.78 Å². The first-order valence-electron chi connectivity index (χ1n) is 30.2. The zero-order valence-corrected chi connectivity index (χ0v) is 48.2. The second-order valence-corrected chi connectivity index (χ2v) is 26.5. The van der Waals surface area contributed by atoms with Crippen LogP contribution in [0.4, 0.5) is 0 Å². The molecule has 17 N–H and O–H groups in total. The van der Waals surface area contributed by atoms with Gasteiger partial charge in [0.2, 0.25) is 0 Å². The van der Waals surface area contributed by atoms with Gasteiger partial charge in [0.25, 0.3) is 0 Å². The van der Waals surface area contributed by atoms with Crippen molar-refractivity contribution in [3.05, 3.63) is 0 Å². The van der Waals surface area contributed by atoms with E-state index in [0.29, 0.717) is 38.5 Å². The minimum absolute atomic E-state index is 0.0191. The lowest BCUT2D eigenvalue weighted by molar-refractivity contribution is -0.404. The second kappa shape index (κ2) is 26.3. The third-order valence-electron chi connectivity index (χ3n) is 21.7. The van der Waals surface area contributed by atoms with Gasteiger partial charge in [-0.15, -0.1) is 0 Å². The summed E-state index contributed by atoms with van der Waals surface area (Å²) < 4.78 is 65.6. The molecule has 2 unspecified atom stereocenters. The summed E-state index contributed by atoms with van der Waals surface area (Å²) in [5.74, 6) is -1.75. The highest BCUT2D eigenvalue weighted by Gasteiger charge is 2.71. The summed E-state index contributed by atoms with van der Waals surface area (Å²) in [5, 5.41) is 182. The van der Waals surface area contributed by atoms with Gasteiger partial charge in [0, 0.05) is 30.1 Å². The predicted octanol–water partition coefficient (Wildman–Crippen LogP) is -6.31. The number of hydrogen-bond donors (Lipinski definition) is 17. The summed E-state index contributed by atoms with van der Waals surface area (Å²) in [6.07, 6.45) is -36.8. The molecule has 6 heterocycles. The molecule has 0 radical (unpaired) electrons. The van der Waals surface area contributed by atoms with Crippen molar-refractivity contribution in [1.82, 2.24) is 0 Å². The zero-order chi connectivity index (χ0) is 61.5. The Labute approximate surface area is 491 Å². The Kier molecular flexibility index (Phi) is 20.5. The largest absolute Gasteiger partial charge is 0.394 e. The molecule has 0 aromatic rings. The van der Waals surface area contributed by atoms with Gasteiger partial charge >= 0.3 is 0 Å². The van der Waals surface area contributed by atoms with E-state index >= 15 is 0 Å². The summed E-state index contributed by atoms with van der Waals surface area (Å²) >= 11 is 0. The maximum atomic E-state index is 14.9. The maximum Gasteiger partial charge on any atom is 0.187 e. The summed E-state index contributed by atoms with van der Waals surface area (Å²) in [6.45, 7) is 4.47. The van der Waals surface area contributed by atoms with E-state index in [-0.39, 0.29) is 71.8 Å². The van der Waals surface area contributed by atoms with Gasteiger partial charge < -0.3 is 139 Å². The van der Waals surface area contributed by atoms with Gasteiger partial charge in [-0.05, 0) is 80.0 Å². The third-order valence-corrected chi connectivity index (χ3v) is 21.7. The SMILES string of the molecule is CC(CCC1(O)O[C@H]2C[C@H]3[C@@H]4CC[C@H]5C[C@@H](O[C@@H]6O[C@H](CO)[C@@H](O[C@@H]7O[C@H](CO)[C@@H](O)[C@H](O[C@@H]8OC[C@@H](O)[C@H](O)[C@H]8O)[C@H]7O[C@@H]7O[C@H](CO)[C@H](O)[C@H](O)[C@H]7O)[C@H](O)[C@H]6O)CC[C@]5(C)[C@H]4CC(=O)[C@]3(C)[C@H]2[C@@H]1C)CO[C@@H]1O[C@H](CO)[C@@H](O)[C@H](O)[C@H]1O. The lowest BCUT2D eigenvalue weighted by Crippen LogP contribution is -2.68. The van der Waals surface area contributed by atoms with Crippen LogP contribution in [0.2, 0.25) is 0 Å². The first-order valence-corrected chi connectivity index (χ1v) is 30.2. The van der Waals surface area contributed by atoms with Gasteiger partial charge in [-0.25, -0.2) is 0 Å². The molecule has 4 aliphatic carbocycles. The van der Waals surface area contributed by atoms with Crippen LogP contribution in [0, 0.1) is 52.3 Å². The summed E-state index contributed by atoms with van der Waals surface area (Å²) in [7, 11) is 0. The molecule has 490 valence electrons. The highest BCUT2D eigenvalue weighted by molar-refractivity contribution is 5.87. The number of ketones is 1. The topological polar surface area (TPSA) is 463 Å². The molecule has 6 saturated heterocycles. The Balaban J connectivity index is 0.769. The Morgan fingerprint density at radius 1 is 0.576 bits per heavy atom. The van der Waals surface area contributed by atoms with E-state index in [1.807, 2.05) is 13.8 Å². The Morgan fingerprint density at radius 3 is 1.79 bits per heavy atom. The number of carbonyl (C=O) groups is 1. The van der Waals surface area contributed by atoms with Gasteiger partial charge in [-0.2, -0.15) is 0 Å². The van der Waals surface area contributed by atoms with Gasteiger partial charge in [-0.3, -0.25) is 4.79 Å². The monoisotopic (exact) mass is 1230 g/mol. The van der Waals surface area contributed by atoms with E-state index in [4.69, 9.17) is 52.1 Å². The molecular weight excluding hydrogens is 1140 g/mol. The first kappa shape index (κ1) is 66.5. The molecule has 36 atom stereocenters. The summed E-state index contributed by atoms with van der Waals surface area (Å²) in [6, 6.07) is 0. The molecule has 10 rings (SSSR count). The molecule has 85 heavy (non-hydrogen) atoms. The molecule has 0 aromatic heterocycles. The van der Waals surface area contributed by atoms with Crippen molar-refractivity contribution in [2.45, 2.75) is 251 Å². The van der Waals surface area contributed by atoms with Crippen LogP contribution < -0.4 is 0 Å². The fraction of sp³-hybridized carbons (Fsp3) is 0.982. The number of Topliss-reactive ketones (excluding diaryl/α,β-unsaturated/α-hetero) is 1. The Hall–Kier alpha value is -1.45. The van der Waals surface area contributed by atoms with Crippen molar-refractivity contribution in [3.63, 3.8) is 0 Å². The number of aliphatic hydroxyl groups excluding tert-OH is 16. The number of rotatable bonds is 18. The lowest BCUT2D eigenvalue weighted by Gasteiger charge is -2.60. The van der Waals surface area contributed by atoms with Crippen LogP contribution in [-0.2, 0) is 56.9 Å². The second-order valence-electron chi connectivity index (χ2n) is 26.5. The Morgan fingerprint density at radius 2 is 1.13 bits per heavy atom. The molecule has 0 aromatic carbocycles. The van der Waals surface area contributed by atoms with Gasteiger partial charge in [-0.1, -0.05) is 27.7 Å². The minimum atomic E-state index is -2.04. The van der Waals surface area contributed by atoms with Crippen molar-refractivity contribution < 1.29 is 144 Å². The number of aliphatic hydroxyl groups is 17. The number of ether oxygens (including phenoxy) is 11. The zero-order valence-electron chi connectivity index (χ0n) is 48.2. The van der Waals surface area contributed by atoms with Crippen LogP contribution >= 0.6 is 0 Å². The van der Waals surface area contributed by atoms with Gasteiger partial charge in [0.15, 0.2) is 37.2 Å². The number of fused-ring (bicyclic) bond motifs is 7. The Bertz CT molecular complexity index is 2220. The molecule has 29 heteroatoms. The molecule has 4 saturated carbocycles. The van der Waals surface area contributed by atoms with Crippen molar-refractivity contribution in [3.8, 4) is 0 Å². The summed E-state index contributed by atoms with van der Waals surface area (Å²) in [5.41, 5.74) is -1.01. The van der Waals surface area contributed by atoms with Crippen LogP contribution in [0.3, 0.4) is 0 Å². The van der Waals surface area contributed by atoms with Gasteiger partial charge in [0.1, 0.15) is 122 Å². The lowest BCUT2D eigenvalue weighted by atomic mass is 9.44. The number of hydrogen-bond acceptors (Lipinski definition) is 29. The normalized spacial score (nSPS) is 54.9. The average Bonchev–Trinajstić information content (AvgIpc) is 1.70. The van der Waals surface area contributed by atoms with Crippen LogP contribution in [0.25, 0.3) is 0 Å². The smallest absolute Gasteiger partial charge is 0.187 e. The molecule has 29 nitrogen and oxygen atoms in total. The van der Waals surface area contributed by atoms with E-state index in [0.717, 1.165) is 12.8 Å². The number of carbonyl (C=O) groups excluding carboxylic acids is 1. The van der Waals surface area contributed by atoms with E-state index in [1.54, 1.807) is 0 Å². The van der Waals surface area contributed by atoms with Crippen LogP contribution in [0.5, 0.6) is 0 Å². The van der Waals surface area contributed by atoms with Crippen molar-refractivity contribution in [2.24, 2.45) is 52.3 Å². The van der Waals surface area contributed by atoms with E-state index in [2.05, 4.69) is 13.8 Å². The molecular formula is C56H92O29. The molecule has 0 spiro atoms. The van der Waals surface area contributed by atoms with Crippen LogP contribution in [0.15, 0.2) is 0 Å². The quantitative estimate of drug-likeness (QED) is 0.0568. The van der Waals surface area contributed by atoms with E-state index < -0.39 is 198 Å². The molecule has 0 bridgehead atoms. The molecule has 10 aliphatic rings. The summed E-state index contributed by atoms with van der Waals surface area (Å²) in [4.78, 5) is 14.9. The molecule has 10 fully saturated rings. The third kappa shape index (κ3) is 12.1. The highest BCUT2D eigenvalue weighted by Crippen LogP contribution is 2.70. The van der Waals surface area contributed by atoms with E-state index in [1.165, 1.54) is 0 Å². The molecule has 0 amide bonds. The molecule has 6 aliphatic heterocycles. The highest BCUT2D eigenvalue weighted by atomic mass is 16.8. The minimum Gasteiger partial charge on any atom is -0.394 e. The standard InChI is InChI=1S/C56H92O29/c1-20(18-75-49-43(71)39(67)36(64)29(14-57)78-49)7-10-56(74)21(2)34-28(85-56)12-26-24-6-5-22-11-23(8-9-54(22,3)25(24)13-33(62)55(26,34)4)77-51-45(73)41(69)46(32(17-60)81-51)82-53-48(84-52-44(72)40(68)37(65)30(15-58)79-52)47(38(66)31(16-59)80-53)83-50-42(70)35(63)27(61)19-76-50/h20-32,34-53,57-61,63-74H,5-19H2,1-4H3/t20?,21-,22-,23-,24+,25-,26-,27+,28-,29+,30+,31+,32+,34-,35-,36+,37-,38+,39-,40-,41+,42+,43+,44+,45+,46+,47-,48+,49+,50-,51+,52-,53-,54-,55+,56?/m0/s1. The average molecular weight is 1230 g/mol. The first-order chi connectivity index (χ1) is 40.2. The van der Waals surface area contributed by atoms with Gasteiger partial charge in [0.05, 0.1) is 51.8 Å². The van der Waals surface area contributed by atoms with Crippen LogP contribution in [-0.4, -0.2) is 298 Å². The van der Waals surface area contributed by atoms with E-state index in [9.17, 15) is 91.6 Å². The fourth-order valence-corrected chi connectivity index (χ4v) is 16.5. The van der Waals surface area contributed by atoms with Crippen molar-refractivity contribution in [1.29, 1.82) is 0 Å². The fourth-order valence-electron chi connectivity index (χ4n) is 16.5. The predicted molar refractivity (Wildman–Crippen MR) is 279 cm³/mol. The van der Waals surface area contributed by atoms with Crippen molar-refractivity contribution in [2.75, 3.05) is 39.6 Å².